The average Bonchev–Trinajstić information content (AvgIpc) is 2.41. The van der Waals surface area contributed by atoms with Crippen molar-refractivity contribution in [2.45, 2.75) is 44.9 Å². The van der Waals surface area contributed by atoms with Crippen LogP contribution in [0.3, 0.4) is 0 Å². The van der Waals surface area contributed by atoms with Crippen molar-refractivity contribution in [1.29, 1.82) is 0 Å². The Balaban J connectivity index is 1.91. The van der Waals surface area contributed by atoms with E-state index in [1.54, 1.807) is 0 Å². The van der Waals surface area contributed by atoms with Crippen LogP contribution in [-0.2, 0) is 0 Å². The minimum absolute atomic E-state index is 1.11. The van der Waals surface area contributed by atoms with Crippen LogP contribution in [0, 0.1) is 5.92 Å². The van der Waals surface area contributed by atoms with E-state index in [-0.39, 0.29) is 0 Å². The van der Waals surface area contributed by atoms with Gasteiger partial charge in [0, 0.05) is 0 Å². The highest BCUT2D eigenvalue weighted by Gasteiger charge is 2.13. The van der Waals surface area contributed by atoms with Gasteiger partial charge in [-0.05, 0) is 16.8 Å². The van der Waals surface area contributed by atoms with Gasteiger partial charge in [-0.3, -0.25) is 0 Å². The predicted octanol–water partition coefficient (Wildman–Crippen LogP) is 3.78. The van der Waals surface area contributed by atoms with Crippen molar-refractivity contribution in [2.24, 2.45) is 5.92 Å². The van der Waals surface area contributed by atoms with E-state index in [0.717, 1.165) is 5.92 Å². The molecule has 0 aromatic heterocycles. The van der Waals surface area contributed by atoms with E-state index < -0.39 is 0 Å². The van der Waals surface area contributed by atoms with Crippen LogP contribution in [0.2, 0.25) is 0 Å². The van der Waals surface area contributed by atoms with Crippen LogP contribution in [0.5, 0.6) is 0 Å². The van der Waals surface area contributed by atoms with Crippen LogP contribution in [0.15, 0.2) is 0 Å². The van der Waals surface area contributed by atoms with Crippen LogP contribution in [0.25, 0.3) is 0 Å². The number of hydrogen-bond acceptors (Lipinski definition) is 0. The Bertz CT molecular complexity index is 74.8. The molecular formula is C9H17I. The molecule has 1 aliphatic rings. The van der Waals surface area contributed by atoms with Crippen molar-refractivity contribution in [3.05, 3.63) is 0 Å². The highest BCUT2D eigenvalue weighted by molar-refractivity contribution is 14.1. The van der Waals surface area contributed by atoms with Crippen LogP contribution in [0.1, 0.15) is 44.9 Å². The third-order valence-electron chi connectivity index (χ3n) is 2.47. The highest BCUT2D eigenvalue weighted by Crippen LogP contribution is 2.28. The zero-order valence-electron chi connectivity index (χ0n) is 6.61. The van der Waals surface area contributed by atoms with Gasteiger partial charge in [0.25, 0.3) is 0 Å². The summed E-state index contributed by atoms with van der Waals surface area (Å²) in [5, 5.41) is 0. The van der Waals surface area contributed by atoms with Crippen molar-refractivity contribution in [1.82, 2.24) is 0 Å². The summed E-state index contributed by atoms with van der Waals surface area (Å²) in [5.41, 5.74) is 0. The van der Waals surface area contributed by atoms with Gasteiger partial charge < -0.3 is 0 Å². The largest absolute Gasteiger partial charge is 0.0864 e. The summed E-state index contributed by atoms with van der Waals surface area (Å²) in [6.45, 7) is 0. The summed E-state index contributed by atoms with van der Waals surface area (Å²) in [7, 11) is 0. The van der Waals surface area contributed by atoms with Gasteiger partial charge in [0.2, 0.25) is 0 Å². The fourth-order valence-corrected chi connectivity index (χ4v) is 2.37. The summed E-state index contributed by atoms with van der Waals surface area (Å²) in [6.07, 6.45) is 10.5. The Labute approximate surface area is 77.9 Å². The van der Waals surface area contributed by atoms with Crippen molar-refractivity contribution >= 4 is 22.6 Å². The molecule has 0 aliphatic heterocycles. The Morgan fingerprint density at radius 2 is 1.80 bits per heavy atom. The number of hydrogen-bond donors (Lipinski definition) is 0. The van der Waals surface area contributed by atoms with Crippen molar-refractivity contribution in [2.75, 3.05) is 4.43 Å². The van der Waals surface area contributed by atoms with E-state index >= 15 is 0 Å². The normalized spacial score (nSPS) is 20.1. The van der Waals surface area contributed by atoms with Crippen LogP contribution < -0.4 is 0 Å². The summed E-state index contributed by atoms with van der Waals surface area (Å²) in [6, 6.07) is 0. The minimum atomic E-state index is 1.11. The third kappa shape index (κ3) is 3.22. The Kier molecular flexibility index (Phi) is 4.76. The Hall–Kier alpha value is 0.730. The highest BCUT2D eigenvalue weighted by atomic mass is 127. The second kappa shape index (κ2) is 5.39. The first-order chi connectivity index (χ1) is 4.93. The SMILES string of the molecule is ICCCCC1CCCC1. The standard InChI is InChI=1S/C9H17I/c10-8-4-3-7-9-5-1-2-6-9/h9H,1-8H2. The van der Waals surface area contributed by atoms with Gasteiger partial charge in [-0.1, -0.05) is 61.1 Å². The van der Waals surface area contributed by atoms with Crippen LogP contribution in [0.4, 0.5) is 0 Å². The number of unbranched alkanes of at least 4 members (excludes halogenated alkanes) is 1. The molecule has 0 aromatic rings. The molecule has 1 heteroatoms. The summed E-state index contributed by atoms with van der Waals surface area (Å²) in [4.78, 5) is 0. The molecule has 0 aromatic carbocycles. The lowest BCUT2D eigenvalue weighted by molar-refractivity contribution is 0.482. The Morgan fingerprint density at radius 3 is 2.40 bits per heavy atom. The van der Waals surface area contributed by atoms with E-state index in [1.807, 2.05) is 0 Å². The molecule has 0 spiro atoms. The van der Waals surface area contributed by atoms with Crippen LogP contribution in [-0.4, -0.2) is 4.43 Å². The van der Waals surface area contributed by atoms with Crippen LogP contribution >= 0.6 is 22.6 Å². The molecule has 0 amide bonds. The minimum Gasteiger partial charge on any atom is -0.0864 e. The molecule has 0 N–H and O–H groups in total. The van der Waals surface area contributed by atoms with Gasteiger partial charge >= 0.3 is 0 Å². The Morgan fingerprint density at radius 1 is 1.10 bits per heavy atom. The second-order valence-electron chi connectivity index (χ2n) is 3.34. The first-order valence-electron chi connectivity index (χ1n) is 4.49. The molecule has 0 radical (unpaired) electrons. The molecule has 0 bridgehead atoms. The summed E-state index contributed by atoms with van der Waals surface area (Å²) < 4.78 is 1.35. The molecule has 0 nitrogen and oxygen atoms in total. The van der Waals surface area contributed by atoms with Crippen molar-refractivity contribution in [3.63, 3.8) is 0 Å². The molecule has 1 aliphatic carbocycles. The maximum atomic E-state index is 2.47. The lowest BCUT2D eigenvalue weighted by Gasteiger charge is -2.06. The van der Waals surface area contributed by atoms with E-state index in [2.05, 4.69) is 22.6 Å². The molecule has 1 rings (SSSR count). The average molecular weight is 252 g/mol. The third-order valence-corrected chi connectivity index (χ3v) is 3.23. The smallest absolute Gasteiger partial charge is 0.000473 e. The second-order valence-corrected chi connectivity index (χ2v) is 4.41. The molecule has 0 saturated heterocycles. The maximum absolute atomic E-state index is 2.47. The van der Waals surface area contributed by atoms with Gasteiger partial charge in [0.05, 0.1) is 0 Å². The molecule has 0 atom stereocenters. The topological polar surface area (TPSA) is 0 Å². The quantitative estimate of drug-likeness (QED) is 0.405. The first kappa shape index (κ1) is 8.82. The molecule has 0 unspecified atom stereocenters. The molecule has 1 saturated carbocycles. The summed E-state index contributed by atoms with van der Waals surface area (Å²) >= 11 is 2.47. The molecule has 1 fully saturated rings. The predicted molar refractivity (Wildman–Crippen MR) is 54.7 cm³/mol. The van der Waals surface area contributed by atoms with E-state index in [1.165, 1.54) is 49.4 Å². The van der Waals surface area contributed by atoms with E-state index in [9.17, 15) is 0 Å². The lowest BCUT2D eigenvalue weighted by Crippen LogP contribution is -1.92. The van der Waals surface area contributed by atoms with Gasteiger partial charge in [-0.2, -0.15) is 0 Å². The first-order valence-corrected chi connectivity index (χ1v) is 6.02. The van der Waals surface area contributed by atoms with E-state index in [0.29, 0.717) is 0 Å². The fraction of sp³-hybridized carbons (Fsp3) is 1.00. The number of rotatable bonds is 4. The maximum Gasteiger partial charge on any atom is -0.000473 e. The van der Waals surface area contributed by atoms with Crippen molar-refractivity contribution < 1.29 is 0 Å². The molecule has 60 valence electrons. The zero-order valence-corrected chi connectivity index (χ0v) is 8.77. The number of alkyl halides is 1. The van der Waals surface area contributed by atoms with Gasteiger partial charge in [-0.25, -0.2) is 0 Å². The molecular weight excluding hydrogens is 235 g/mol. The molecule has 10 heavy (non-hydrogen) atoms. The molecule has 0 heterocycles. The van der Waals surface area contributed by atoms with Gasteiger partial charge in [0.1, 0.15) is 0 Å². The lowest BCUT2D eigenvalue weighted by atomic mass is 10.0. The van der Waals surface area contributed by atoms with Crippen molar-refractivity contribution in [3.8, 4) is 0 Å². The van der Waals surface area contributed by atoms with E-state index in [4.69, 9.17) is 0 Å². The number of halogens is 1. The van der Waals surface area contributed by atoms with Gasteiger partial charge in [0.15, 0.2) is 0 Å². The monoisotopic (exact) mass is 252 g/mol. The summed E-state index contributed by atoms with van der Waals surface area (Å²) in [5.74, 6) is 1.11. The van der Waals surface area contributed by atoms with Gasteiger partial charge in [-0.15, -0.1) is 0 Å². The zero-order chi connectivity index (χ0) is 7.23. The fourth-order valence-electron chi connectivity index (χ4n) is 1.83.